The molecular formula is C9H8BrClF2O2. The molecule has 0 aliphatic carbocycles. The summed E-state index contributed by atoms with van der Waals surface area (Å²) < 4.78 is 26.0. The third kappa shape index (κ3) is 2.87. The fraction of sp³-hybridized carbons (Fsp3) is 0.333. The second kappa shape index (κ2) is 5.21. The molecule has 0 aliphatic rings. The quantitative estimate of drug-likeness (QED) is 0.842. The molecule has 84 valence electrons. The second-order valence-corrected chi connectivity index (χ2v) is 4.11. The molecule has 0 fully saturated rings. The van der Waals surface area contributed by atoms with Crippen molar-refractivity contribution in [2.24, 2.45) is 0 Å². The summed E-state index contributed by atoms with van der Waals surface area (Å²) in [6.07, 6.45) is -2.79. The molecule has 1 aromatic rings. The second-order valence-electron chi connectivity index (χ2n) is 2.95. The molecule has 6 heteroatoms. The molecule has 0 saturated heterocycles. The number of rotatable bonds is 3. The standard InChI is InChI=1S/C9H8BrClF2O2/c10-5-1-4(12)2-6(13)8(5)9(15)7(14)3-11/h1-2,7,9,14-15H,3H2. The number of alkyl halides is 1. The van der Waals surface area contributed by atoms with Crippen LogP contribution in [0.15, 0.2) is 16.6 Å². The topological polar surface area (TPSA) is 40.5 Å². The van der Waals surface area contributed by atoms with Gasteiger partial charge in [-0.2, -0.15) is 0 Å². The van der Waals surface area contributed by atoms with Gasteiger partial charge < -0.3 is 10.2 Å². The van der Waals surface area contributed by atoms with E-state index in [0.717, 1.165) is 6.07 Å². The van der Waals surface area contributed by atoms with Crippen LogP contribution in [0.25, 0.3) is 0 Å². The van der Waals surface area contributed by atoms with Gasteiger partial charge in [-0.3, -0.25) is 0 Å². The Kier molecular flexibility index (Phi) is 4.45. The maximum absolute atomic E-state index is 13.3. The van der Waals surface area contributed by atoms with Gasteiger partial charge in [-0.25, -0.2) is 8.78 Å². The lowest BCUT2D eigenvalue weighted by atomic mass is 10.0. The average Bonchev–Trinajstić information content (AvgIpc) is 2.14. The third-order valence-corrected chi connectivity index (χ3v) is 2.83. The van der Waals surface area contributed by atoms with Gasteiger partial charge >= 0.3 is 0 Å². The van der Waals surface area contributed by atoms with E-state index in [1.165, 1.54) is 0 Å². The van der Waals surface area contributed by atoms with E-state index in [2.05, 4.69) is 15.9 Å². The molecule has 0 spiro atoms. The Morgan fingerprint density at radius 2 is 1.93 bits per heavy atom. The largest absolute Gasteiger partial charge is 0.389 e. The molecule has 2 N–H and O–H groups in total. The first-order chi connectivity index (χ1) is 6.97. The average molecular weight is 302 g/mol. The van der Waals surface area contributed by atoms with Gasteiger partial charge in [0.15, 0.2) is 0 Å². The minimum Gasteiger partial charge on any atom is -0.389 e. The van der Waals surface area contributed by atoms with Gasteiger partial charge in [-0.05, 0) is 6.07 Å². The summed E-state index contributed by atoms with van der Waals surface area (Å²) in [4.78, 5) is 0. The Bertz CT molecular complexity index is 339. The van der Waals surface area contributed by atoms with Gasteiger partial charge in [-0.15, -0.1) is 11.6 Å². The van der Waals surface area contributed by atoms with Crippen molar-refractivity contribution in [1.29, 1.82) is 0 Å². The van der Waals surface area contributed by atoms with Crippen molar-refractivity contribution < 1.29 is 19.0 Å². The van der Waals surface area contributed by atoms with Crippen LogP contribution in [-0.2, 0) is 0 Å². The number of hydrogen-bond donors (Lipinski definition) is 2. The summed E-state index contributed by atoms with van der Waals surface area (Å²) in [5.74, 6) is -1.95. The van der Waals surface area contributed by atoms with E-state index >= 15 is 0 Å². The maximum Gasteiger partial charge on any atom is 0.133 e. The first kappa shape index (κ1) is 12.8. The number of aliphatic hydroxyl groups is 2. The van der Waals surface area contributed by atoms with E-state index in [1.54, 1.807) is 0 Å². The normalized spacial score (nSPS) is 15.1. The monoisotopic (exact) mass is 300 g/mol. The van der Waals surface area contributed by atoms with E-state index in [1.807, 2.05) is 0 Å². The van der Waals surface area contributed by atoms with Gasteiger partial charge in [0, 0.05) is 16.1 Å². The van der Waals surface area contributed by atoms with E-state index in [4.69, 9.17) is 11.6 Å². The predicted molar refractivity (Wildman–Crippen MR) is 55.7 cm³/mol. The molecular weight excluding hydrogens is 293 g/mol. The summed E-state index contributed by atoms with van der Waals surface area (Å²) in [7, 11) is 0. The van der Waals surface area contributed by atoms with Crippen LogP contribution in [0.1, 0.15) is 11.7 Å². The third-order valence-electron chi connectivity index (χ3n) is 1.86. The van der Waals surface area contributed by atoms with Crippen LogP contribution in [0.2, 0.25) is 0 Å². The summed E-state index contributed by atoms with van der Waals surface area (Å²) in [6, 6.07) is 1.63. The molecule has 0 bridgehead atoms. The Balaban J connectivity index is 3.13. The maximum atomic E-state index is 13.3. The van der Waals surface area contributed by atoms with E-state index in [9.17, 15) is 19.0 Å². The summed E-state index contributed by atoms with van der Waals surface area (Å²) in [5, 5.41) is 18.7. The van der Waals surface area contributed by atoms with Crippen molar-refractivity contribution in [3.05, 3.63) is 33.8 Å². The summed E-state index contributed by atoms with van der Waals surface area (Å²) in [5.41, 5.74) is -0.204. The molecule has 0 aliphatic heterocycles. The van der Waals surface area contributed by atoms with Crippen molar-refractivity contribution in [2.75, 3.05) is 5.88 Å². The SMILES string of the molecule is OC(CCl)C(O)c1c(F)cc(F)cc1Br. The fourth-order valence-electron chi connectivity index (χ4n) is 1.11. The molecule has 1 rings (SSSR count). The molecule has 1 aromatic carbocycles. The minimum atomic E-state index is -1.49. The molecule has 2 unspecified atom stereocenters. The Morgan fingerprint density at radius 3 is 2.40 bits per heavy atom. The lowest BCUT2D eigenvalue weighted by Gasteiger charge is -2.17. The highest BCUT2D eigenvalue weighted by Gasteiger charge is 2.23. The fourth-order valence-corrected chi connectivity index (χ4v) is 1.92. The van der Waals surface area contributed by atoms with Crippen LogP contribution >= 0.6 is 27.5 Å². The zero-order valence-corrected chi connectivity index (χ0v) is 9.76. The zero-order chi connectivity index (χ0) is 11.6. The lowest BCUT2D eigenvalue weighted by molar-refractivity contribution is 0.0299. The molecule has 0 amide bonds. The van der Waals surface area contributed by atoms with Crippen molar-refractivity contribution >= 4 is 27.5 Å². The molecule has 15 heavy (non-hydrogen) atoms. The summed E-state index contributed by atoms with van der Waals surface area (Å²) in [6.45, 7) is 0. The van der Waals surface area contributed by atoms with Gasteiger partial charge in [0.1, 0.15) is 17.7 Å². The number of hydrogen-bond acceptors (Lipinski definition) is 2. The molecule has 0 aromatic heterocycles. The van der Waals surface area contributed by atoms with Crippen LogP contribution in [0.4, 0.5) is 8.78 Å². The van der Waals surface area contributed by atoms with E-state index < -0.39 is 23.8 Å². The Hall–Kier alpha value is -0.230. The first-order valence-electron chi connectivity index (χ1n) is 4.04. The van der Waals surface area contributed by atoms with Crippen molar-refractivity contribution in [1.82, 2.24) is 0 Å². The molecule has 2 atom stereocenters. The minimum absolute atomic E-state index is 0.0525. The van der Waals surface area contributed by atoms with Crippen LogP contribution in [-0.4, -0.2) is 22.2 Å². The van der Waals surface area contributed by atoms with Crippen molar-refractivity contribution in [3.8, 4) is 0 Å². The van der Waals surface area contributed by atoms with Gasteiger partial charge in [-0.1, -0.05) is 15.9 Å². The van der Waals surface area contributed by atoms with Crippen LogP contribution in [0.5, 0.6) is 0 Å². The first-order valence-corrected chi connectivity index (χ1v) is 5.36. The highest BCUT2D eigenvalue weighted by molar-refractivity contribution is 9.10. The smallest absolute Gasteiger partial charge is 0.133 e. The lowest BCUT2D eigenvalue weighted by Crippen LogP contribution is -2.21. The van der Waals surface area contributed by atoms with Gasteiger partial charge in [0.2, 0.25) is 0 Å². The molecule has 0 saturated carbocycles. The van der Waals surface area contributed by atoms with Crippen LogP contribution in [0.3, 0.4) is 0 Å². The van der Waals surface area contributed by atoms with Crippen molar-refractivity contribution in [2.45, 2.75) is 12.2 Å². The molecule has 2 nitrogen and oxygen atoms in total. The van der Waals surface area contributed by atoms with E-state index in [-0.39, 0.29) is 15.9 Å². The highest BCUT2D eigenvalue weighted by atomic mass is 79.9. The zero-order valence-electron chi connectivity index (χ0n) is 7.42. The van der Waals surface area contributed by atoms with Gasteiger partial charge in [0.05, 0.1) is 12.0 Å². The van der Waals surface area contributed by atoms with Crippen LogP contribution in [0, 0.1) is 11.6 Å². The molecule has 0 heterocycles. The Labute approximate surface area is 98.6 Å². The number of aliphatic hydroxyl groups excluding tert-OH is 2. The molecule has 0 radical (unpaired) electrons. The number of benzene rings is 1. The van der Waals surface area contributed by atoms with Crippen LogP contribution < -0.4 is 0 Å². The van der Waals surface area contributed by atoms with E-state index in [0.29, 0.717) is 6.07 Å². The summed E-state index contributed by atoms with van der Waals surface area (Å²) >= 11 is 8.21. The number of halogens is 4. The van der Waals surface area contributed by atoms with Gasteiger partial charge in [0.25, 0.3) is 0 Å². The Morgan fingerprint density at radius 1 is 1.33 bits per heavy atom. The predicted octanol–water partition coefficient (Wildman–Crippen LogP) is 2.36. The van der Waals surface area contributed by atoms with Crippen molar-refractivity contribution in [3.63, 3.8) is 0 Å². The highest BCUT2D eigenvalue weighted by Crippen LogP contribution is 2.29.